The largest absolute Gasteiger partial charge is 0.436 e. The van der Waals surface area contributed by atoms with Crippen LogP contribution in [0, 0.1) is 18.3 Å². The van der Waals surface area contributed by atoms with Gasteiger partial charge in [0.1, 0.15) is 11.6 Å². The van der Waals surface area contributed by atoms with E-state index >= 15 is 0 Å². The molecule has 1 aromatic heterocycles. The molecule has 3 nitrogen and oxygen atoms in total. The Morgan fingerprint density at radius 2 is 1.95 bits per heavy atom. The molecule has 2 aromatic rings. The first-order valence-corrected chi connectivity index (χ1v) is 6.03. The number of nitrogens with zero attached hydrogens (tertiary/aromatic N) is 3. The fraction of sp³-hybridized carbons (Fsp3) is 0.167. The van der Waals surface area contributed by atoms with E-state index in [4.69, 9.17) is 28.5 Å². The van der Waals surface area contributed by atoms with Crippen LogP contribution >= 0.6 is 23.2 Å². The van der Waals surface area contributed by atoms with Gasteiger partial charge in [-0.1, -0.05) is 29.3 Å². The molecule has 104 valence electrons. The average Bonchev–Trinajstić information content (AvgIpc) is 2.69. The molecule has 0 unspecified atom stereocenters. The van der Waals surface area contributed by atoms with Gasteiger partial charge in [-0.15, -0.1) is 0 Å². The number of aromatic nitrogens is 2. The smallest absolute Gasteiger partial charge is 0.220 e. The predicted molar refractivity (Wildman–Crippen MR) is 68.0 cm³/mol. The second-order valence-corrected chi connectivity index (χ2v) is 4.73. The predicted octanol–water partition coefficient (Wildman–Crippen LogP) is 4.38. The molecule has 0 saturated carbocycles. The topological polar surface area (TPSA) is 41.6 Å². The van der Waals surface area contributed by atoms with E-state index in [1.54, 1.807) is 13.0 Å². The summed E-state index contributed by atoms with van der Waals surface area (Å²) in [4.78, 5) is 0. The van der Waals surface area contributed by atoms with Crippen LogP contribution in [0.1, 0.15) is 16.8 Å². The molecule has 0 saturated heterocycles. The highest BCUT2D eigenvalue weighted by Crippen LogP contribution is 2.35. The second kappa shape index (κ2) is 5.00. The van der Waals surface area contributed by atoms with E-state index in [1.807, 2.05) is 0 Å². The molecule has 0 radical (unpaired) electrons. The molecule has 0 spiro atoms. The van der Waals surface area contributed by atoms with Gasteiger partial charge in [-0.05, 0) is 24.6 Å². The van der Waals surface area contributed by atoms with E-state index in [0.29, 0.717) is 5.02 Å². The average molecular weight is 320 g/mol. The summed E-state index contributed by atoms with van der Waals surface area (Å²) in [6, 6.07) is 5.98. The van der Waals surface area contributed by atoms with Gasteiger partial charge in [-0.2, -0.15) is 23.5 Å². The van der Waals surface area contributed by atoms with Crippen molar-refractivity contribution >= 4 is 23.2 Å². The lowest BCUT2D eigenvalue weighted by atomic mass is 10.2. The first-order chi connectivity index (χ1) is 9.25. The highest BCUT2D eigenvalue weighted by Gasteiger charge is 2.39. The van der Waals surface area contributed by atoms with E-state index in [9.17, 15) is 13.2 Å². The lowest BCUT2D eigenvalue weighted by Crippen LogP contribution is -2.08. The lowest BCUT2D eigenvalue weighted by molar-refractivity contribution is -0.141. The maximum absolute atomic E-state index is 12.8. The SMILES string of the molecule is Cc1ccc(-n2nc(C(F)(F)F)c(C#N)c2Cl)cc1Cl. The Kier molecular flexibility index (Phi) is 3.67. The van der Waals surface area contributed by atoms with Crippen LogP contribution in [0.2, 0.25) is 10.2 Å². The molecule has 1 aromatic carbocycles. The standard InChI is InChI=1S/C12H6Cl2F3N3/c1-6-2-3-7(4-9(6)13)20-11(14)8(5-18)10(19-20)12(15,16)17/h2-4H,1H3. The fourth-order valence-corrected chi connectivity index (χ4v) is 2.02. The fourth-order valence-electron chi connectivity index (χ4n) is 1.58. The molecule has 0 N–H and O–H groups in total. The third-order valence-electron chi connectivity index (χ3n) is 2.61. The maximum atomic E-state index is 12.8. The van der Waals surface area contributed by atoms with Crippen LogP contribution < -0.4 is 0 Å². The van der Waals surface area contributed by atoms with Crippen molar-refractivity contribution in [2.24, 2.45) is 0 Å². The van der Waals surface area contributed by atoms with Crippen LogP contribution in [-0.4, -0.2) is 9.78 Å². The normalized spacial score (nSPS) is 11.4. The van der Waals surface area contributed by atoms with Gasteiger partial charge in [0.25, 0.3) is 0 Å². The summed E-state index contributed by atoms with van der Waals surface area (Å²) in [5, 5.41) is 12.1. The van der Waals surface area contributed by atoms with Gasteiger partial charge in [0.2, 0.25) is 0 Å². The van der Waals surface area contributed by atoms with Crippen LogP contribution in [0.25, 0.3) is 5.69 Å². The number of rotatable bonds is 1. The number of alkyl halides is 3. The Morgan fingerprint density at radius 3 is 2.40 bits per heavy atom. The Bertz CT molecular complexity index is 714. The highest BCUT2D eigenvalue weighted by molar-refractivity contribution is 6.32. The van der Waals surface area contributed by atoms with E-state index in [2.05, 4.69) is 5.10 Å². The summed E-state index contributed by atoms with van der Waals surface area (Å²) in [6.45, 7) is 1.75. The first kappa shape index (κ1) is 14.7. The summed E-state index contributed by atoms with van der Waals surface area (Å²) in [7, 11) is 0. The Morgan fingerprint density at radius 1 is 1.30 bits per heavy atom. The van der Waals surface area contributed by atoms with Crippen molar-refractivity contribution in [3.8, 4) is 11.8 Å². The van der Waals surface area contributed by atoms with Crippen LogP contribution in [0.3, 0.4) is 0 Å². The highest BCUT2D eigenvalue weighted by atomic mass is 35.5. The van der Waals surface area contributed by atoms with E-state index in [-0.39, 0.29) is 5.69 Å². The molecule has 0 aliphatic rings. The lowest BCUT2D eigenvalue weighted by Gasteiger charge is -2.05. The van der Waals surface area contributed by atoms with Crippen molar-refractivity contribution in [3.63, 3.8) is 0 Å². The van der Waals surface area contributed by atoms with Crippen molar-refractivity contribution in [2.75, 3.05) is 0 Å². The number of aryl methyl sites for hydroxylation is 1. The zero-order valence-electron chi connectivity index (χ0n) is 9.96. The minimum absolute atomic E-state index is 0.248. The maximum Gasteiger partial charge on any atom is 0.436 e. The molecular formula is C12H6Cl2F3N3. The molecule has 0 amide bonds. The molecule has 0 aliphatic heterocycles. The number of halogens is 5. The molecule has 0 fully saturated rings. The quantitative estimate of drug-likeness (QED) is 0.782. The van der Waals surface area contributed by atoms with Gasteiger partial charge in [0, 0.05) is 5.02 Å². The van der Waals surface area contributed by atoms with Gasteiger partial charge in [0.05, 0.1) is 5.69 Å². The third kappa shape index (κ3) is 2.47. The van der Waals surface area contributed by atoms with Gasteiger partial charge in [-0.3, -0.25) is 0 Å². The van der Waals surface area contributed by atoms with Crippen molar-refractivity contribution in [1.29, 1.82) is 5.26 Å². The number of benzene rings is 1. The minimum atomic E-state index is -4.76. The summed E-state index contributed by atoms with van der Waals surface area (Å²) in [5.41, 5.74) is -1.02. The van der Waals surface area contributed by atoms with E-state index in [0.717, 1.165) is 10.2 Å². The zero-order chi connectivity index (χ0) is 15.1. The third-order valence-corrected chi connectivity index (χ3v) is 3.37. The molecular weight excluding hydrogens is 314 g/mol. The molecule has 0 aliphatic carbocycles. The Labute approximate surface area is 122 Å². The van der Waals surface area contributed by atoms with Crippen LogP contribution in [-0.2, 0) is 6.18 Å². The van der Waals surface area contributed by atoms with E-state index in [1.165, 1.54) is 18.2 Å². The van der Waals surface area contributed by atoms with Crippen molar-refractivity contribution in [2.45, 2.75) is 13.1 Å². The van der Waals surface area contributed by atoms with E-state index < -0.39 is 22.6 Å². The molecule has 1 heterocycles. The molecule has 0 bridgehead atoms. The summed E-state index contributed by atoms with van der Waals surface area (Å²) < 4.78 is 39.2. The van der Waals surface area contributed by atoms with Crippen LogP contribution in [0.15, 0.2) is 18.2 Å². The van der Waals surface area contributed by atoms with Crippen LogP contribution in [0.4, 0.5) is 13.2 Å². The van der Waals surface area contributed by atoms with Gasteiger partial charge < -0.3 is 0 Å². The van der Waals surface area contributed by atoms with Gasteiger partial charge >= 0.3 is 6.18 Å². The number of hydrogen-bond donors (Lipinski definition) is 0. The number of hydrogen-bond acceptors (Lipinski definition) is 2. The van der Waals surface area contributed by atoms with Crippen molar-refractivity contribution in [3.05, 3.63) is 45.2 Å². The molecule has 20 heavy (non-hydrogen) atoms. The van der Waals surface area contributed by atoms with Crippen molar-refractivity contribution < 1.29 is 13.2 Å². The zero-order valence-corrected chi connectivity index (χ0v) is 11.5. The molecule has 2 rings (SSSR count). The molecule has 8 heteroatoms. The van der Waals surface area contributed by atoms with Gasteiger partial charge in [0.15, 0.2) is 10.8 Å². The summed E-state index contributed by atoms with van der Waals surface area (Å²) in [5.74, 6) is 0. The second-order valence-electron chi connectivity index (χ2n) is 3.97. The molecule has 0 atom stereocenters. The van der Waals surface area contributed by atoms with Crippen molar-refractivity contribution in [1.82, 2.24) is 9.78 Å². The summed E-state index contributed by atoms with van der Waals surface area (Å²) >= 11 is 11.7. The van der Waals surface area contributed by atoms with Crippen LogP contribution in [0.5, 0.6) is 0 Å². The first-order valence-electron chi connectivity index (χ1n) is 5.28. The Hall–Kier alpha value is -1.71. The minimum Gasteiger partial charge on any atom is -0.220 e. The van der Waals surface area contributed by atoms with Gasteiger partial charge in [-0.25, -0.2) is 4.68 Å². The summed E-state index contributed by atoms with van der Waals surface area (Å²) in [6.07, 6.45) is -4.76. The number of nitriles is 1. The Balaban J connectivity index is 2.67. The monoisotopic (exact) mass is 319 g/mol.